The van der Waals surface area contributed by atoms with Crippen LogP contribution in [0.4, 0.5) is 0 Å². The lowest BCUT2D eigenvalue weighted by Gasteiger charge is -2.21. The first-order valence-electron chi connectivity index (χ1n) is 10.3. The Bertz CT molecular complexity index is 1040. The molecule has 3 aromatic rings. The van der Waals surface area contributed by atoms with E-state index in [1.54, 1.807) is 6.26 Å². The summed E-state index contributed by atoms with van der Waals surface area (Å²) in [6, 6.07) is 13.5. The molecule has 2 heterocycles. The van der Waals surface area contributed by atoms with Crippen LogP contribution in [0.1, 0.15) is 13.3 Å². The summed E-state index contributed by atoms with van der Waals surface area (Å²) < 4.78 is 26.5. The first-order valence-corrected chi connectivity index (χ1v) is 13.0. The number of rotatable bonds is 9. The van der Waals surface area contributed by atoms with E-state index in [4.69, 9.17) is 21.1 Å². The molecule has 0 radical (unpaired) electrons. The van der Waals surface area contributed by atoms with Gasteiger partial charge in [-0.1, -0.05) is 35.9 Å². The van der Waals surface area contributed by atoms with E-state index in [9.17, 15) is 4.21 Å². The van der Waals surface area contributed by atoms with Gasteiger partial charge in [-0.3, -0.25) is 0 Å². The molecule has 1 saturated heterocycles. The van der Waals surface area contributed by atoms with E-state index < -0.39 is 11.0 Å². The Morgan fingerprint density at radius 2 is 2.03 bits per heavy atom. The molecule has 1 N–H and O–H groups in total. The van der Waals surface area contributed by atoms with E-state index >= 15 is 0 Å². The second-order valence-electron chi connectivity index (χ2n) is 7.71. The number of ether oxygens (including phenoxy) is 2. The summed E-state index contributed by atoms with van der Waals surface area (Å²) in [6.07, 6.45) is 2.84. The Kier molecular flexibility index (Phi) is 7.45. The molecule has 0 aliphatic carbocycles. The standard InChI is InChI=1S/C22H26ClN3O3S2/c1-15-12-16(26(14-15)31(2)27)13-24-10-11-28-17-6-8-18(9-7-17)29-22-25-20-5-3-4-19(23)21(20)30-22/h3-9,15-16,24H,10-14H2,1-2H3. The molecular formula is C22H26ClN3O3S2. The summed E-state index contributed by atoms with van der Waals surface area (Å²) in [7, 11) is -0.912. The van der Waals surface area contributed by atoms with Crippen LogP contribution in [0.2, 0.25) is 5.02 Å². The van der Waals surface area contributed by atoms with Crippen molar-refractivity contribution < 1.29 is 13.7 Å². The quantitative estimate of drug-likeness (QED) is 0.450. The Morgan fingerprint density at radius 3 is 2.77 bits per heavy atom. The molecule has 1 aromatic heterocycles. The topological polar surface area (TPSA) is 63.7 Å². The summed E-state index contributed by atoms with van der Waals surface area (Å²) in [5.41, 5.74) is 0.834. The van der Waals surface area contributed by atoms with Crippen molar-refractivity contribution in [1.29, 1.82) is 0 Å². The van der Waals surface area contributed by atoms with Gasteiger partial charge < -0.3 is 14.8 Å². The molecule has 4 rings (SSSR count). The van der Waals surface area contributed by atoms with Gasteiger partial charge in [-0.05, 0) is 48.7 Å². The average molecular weight is 480 g/mol. The number of nitrogens with one attached hydrogen (secondary N) is 1. The molecule has 31 heavy (non-hydrogen) atoms. The Labute approximate surface area is 194 Å². The number of hydrogen-bond donors (Lipinski definition) is 1. The smallest absolute Gasteiger partial charge is 0.279 e. The largest absolute Gasteiger partial charge is 0.492 e. The fourth-order valence-corrected chi connectivity index (χ4v) is 5.94. The number of hydrogen-bond acceptors (Lipinski definition) is 6. The summed E-state index contributed by atoms with van der Waals surface area (Å²) in [5, 5.41) is 4.66. The molecule has 3 atom stereocenters. The van der Waals surface area contributed by atoms with E-state index in [2.05, 4.69) is 21.5 Å². The molecule has 6 nitrogen and oxygen atoms in total. The van der Waals surface area contributed by atoms with Crippen LogP contribution in [0.25, 0.3) is 10.2 Å². The Balaban J connectivity index is 1.22. The normalized spacial score (nSPS) is 20.2. The molecule has 1 aliphatic heterocycles. The predicted octanol–water partition coefficient (Wildman–Crippen LogP) is 4.71. The maximum Gasteiger partial charge on any atom is 0.279 e. The van der Waals surface area contributed by atoms with Crippen LogP contribution in [0.5, 0.6) is 16.7 Å². The predicted molar refractivity (Wildman–Crippen MR) is 128 cm³/mol. The summed E-state index contributed by atoms with van der Waals surface area (Å²) in [4.78, 5) is 4.46. The van der Waals surface area contributed by atoms with Crippen LogP contribution in [-0.4, -0.2) is 52.0 Å². The van der Waals surface area contributed by atoms with Crippen LogP contribution < -0.4 is 14.8 Å². The van der Waals surface area contributed by atoms with Gasteiger partial charge in [0.1, 0.15) is 18.1 Å². The number of benzene rings is 2. The van der Waals surface area contributed by atoms with E-state index in [-0.39, 0.29) is 0 Å². The number of thiazole rings is 1. The van der Waals surface area contributed by atoms with Crippen molar-refractivity contribution in [2.75, 3.05) is 32.5 Å². The van der Waals surface area contributed by atoms with Gasteiger partial charge in [0.2, 0.25) is 0 Å². The summed E-state index contributed by atoms with van der Waals surface area (Å²) >= 11 is 7.63. The first kappa shape index (κ1) is 22.5. The fraction of sp³-hybridized carbons (Fsp3) is 0.409. The molecule has 0 spiro atoms. The van der Waals surface area contributed by atoms with Gasteiger partial charge >= 0.3 is 0 Å². The van der Waals surface area contributed by atoms with Gasteiger partial charge in [0.25, 0.3) is 5.19 Å². The second-order valence-corrected chi connectivity index (χ2v) is 10.4. The zero-order valence-corrected chi connectivity index (χ0v) is 19.9. The van der Waals surface area contributed by atoms with Gasteiger partial charge in [0, 0.05) is 31.9 Å². The monoisotopic (exact) mass is 479 g/mol. The second kappa shape index (κ2) is 10.3. The summed E-state index contributed by atoms with van der Waals surface area (Å²) in [6.45, 7) is 5.24. The Morgan fingerprint density at radius 1 is 1.26 bits per heavy atom. The number of halogens is 1. The van der Waals surface area contributed by atoms with Crippen LogP contribution in [0.3, 0.4) is 0 Å². The van der Waals surface area contributed by atoms with Gasteiger partial charge in [-0.2, -0.15) is 0 Å². The highest BCUT2D eigenvalue weighted by Gasteiger charge is 2.31. The molecule has 2 aromatic carbocycles. The van der Waals surface area contributed by atoms with Crippen LogP contribution in [0.15, 0.2) is 42.5 Å². The number of fused-ring (bicyclic) bond motifs is 1. The average Bonchev–Trinajstić information content (AvgIpc) is 3.33. The molecule has 0 saturated carbocycles. The molecule has 1 aliphatic rings. The van der Waals surface area contributed by atoms with Crippen molar-refractivity contribution in [2.45, 2.75) is 19.4 Å². The molecular weight excluding hydrogens is 454 g/mol. The minimum atomic E-state index is -0.912. The highest BCUT2D eigenvalue weighted by Crippen LogP contribution is 2.35. The molecule has 3 unspecified atom stereocenters. The van der Waals surface area contributed by atoms with Crippen LogP contribution in [0, 0.1) is 5.92 Å². The third-order valence-electron chi connectivity index (χ3n) is 5.21. The SMILES string of the molecule is CC1CC(CNCCOc2ccc(Oc3nc4cccc(Cl)c4s3)cc2)N(S(C)=O)C1. The van der Waals surface area contributed by atoms with Crippen molar-refractivity contribution in [2.24, 2.45) is 5.92 Å². The van der Waals surface area contributed by atoms with E-state index in [1.807, 2.05) is 42.5 Å². The molecule has 9 heteroatoms. The highest BCUT2D eigenvalue weighted by atomic mass is 35.5. The fourth-order valence-electron chi connectivity index (χ4n) is 3.77. The minimum Gasteiger partial charge on any atom is -0.492 e. The maximum absolute atomic E-state index is 11.8. The number of aromatic nitrogens is 1. The number of nitrogens with zero attached hydrogens (tertiary/aromatic N) is 2. The Hall–Kier alpha value is -1.71. The highest BCUT2D eigenvalue weighted by molar-refractivity contribution is 7.81. The van der Waals surface area contributed by atoms with E-state index in [0.29, 0.717) is 34.5 Å². The van der Waals surface area contributed by atoms with Crippen LogP contribution >= 0.6 is 22.9 Å². The van der Waals surface area contributed by atoms with Crippen molar-refractivity contribution in [3.8, 4) is 16.7 Å². The van der Waals surface area contributed by atoms with Crippen molar-refractivity contribution in [3.05, 3.63) is 47.5 Å². The molecule has 0 amide bonds. The maximum atomic E-state index is 11.8. The summed E-state index contributed by atoms with van der Waals surface area (Å²) in [5.74, 6) is 2.07. The third-order valence-corrected chi connectivity index (χ3v) is 7.72. The lowest BCUT2D eigenvalue weighted by molar-refractivity contribution is 0.304. The zero-order valence-electron chi connectivity index (χ0n) is 17.5. The van der Waals surface area contributed by atoms with Crippen molar-refractivity contribution >= 4 is 44.1 Å². The van der Waals surface area contributed by atoms with Gasteiger partial charge in [-0.15, -0.1) is 0 Å². The zero-order chi connectivity index (χ0) is 21.8. The van der Waals surface area contributed by atoms with Gasteiger partial charge in [-0.25, -0.2) is 13.5 Å². The third kappa shape index (κ3) is 5.75. The minimum absolute atomic E-state index is 0.328. The first-order chi connectivity index (χ1) is 15.0. The van der Waals surface area contributed by atoms with E-state index in [0.717, 1.165) is 42.0 Å². The van der Waals surface area contributed by atoms with Crippen molar-refractivity contribution in [1.82, 2.24) is 14.6 Å². The molecule has 1 fully saturated rings. The van der Waals surface area contributed by atoms with Gasteiger partial charge in [0.15, 0.2) is 0 Å². The van der Waals surface area contributed by atoms with E-state index in [1.165, 1.54) is 11.3 Å². The molecule has 0 bridgehead atoms. The van der Waals surface area contributed by atoms with Crippen LogP contribution in [-0.2, 0) is 11.0 Å². The van der Waals surface area contributed by atoms with Crippen molar-refractivity contribution in [3.63, 3.8) is 0 Å². The molecule has 166 valence electrons. The van der Waals surface area contributed by atoms with Gasteiger partial charge in [0.05, 0.1) is 26.2 Å². The lowest BCUT2D eigenvalue weighted by atomic mass is 10.1. The lowest BCUT2D eigenvalue weighted by Crippen LogP contribution is -2.39.